The van der Waals surface area contributed by atoms with Crippen LogP contribution in [0.25, 0.3) is 6.08 Å². The molecule has 0 aromatic heterocycles. The molecular weight excluding hydrogens is 368 g/mol. The minimum absolute atomic E-state index is 0.0811. The molecule has 8 nitrogen and oxygen atoms in total. The second-order valence-corrected chi connectivity index (χ2v) is 5.71. The summed E-state index contributed by atoms with van der Waals surface area (Å²) in [5, 5.41) is 10.5. The Morgan fingerprint density at radius 2 is 1.71 bits per heavy atom. The van der Waals surface area contributed by atoms with Crippen LogP contribution in [0.4, 0.5) is 0 Å². The number of Topliss-reactive ketones (excluding diaryl/α,β-unsaturated/α-hetero) is 1. The van der Waals surface area contributed by atoms with E-state index in [1.807, 2.05) is 0 Å². The number of ketones is 1. The van der Waals surface area contributed by atoms with Crippen LogP contribution < -0.4 is 28.8 Å². The topological polar surface area (TPSA) is 103 Å². The fourth-order valence-electron chi connectivity index (χ4n) is 2.71. The molecule has 0 radical (unpaired) electrons. The van der Waals surface area contributed by atoms with E-state index in [1.54, 1.807) is 12.1 Å². The van der Waals surface area contributed by atoms with E-state index in [2.05, 4.69) is 0 Å². The number of allylic oxidation sites excluding steroid dienone is 1. The highest BCUT2D eigenvalue weighted by Gasteiger charge is 2.28. The van der Waals surface area contributed by atoms with Gasteiger partial charge in [0.05, 0.1) is 32.9 Å². The van der Waals surface area contributed by atoms with Crippen LogP contribution in [-0.4, -0.2) is 39.7 Å². The zero-order chi connectivity index (χ0) is 20.3. The zero-order valence-corrected chi connectivity index (χ0v) is 15.4. The van der Waals surface area contributed by atoms with E-state index in [9.17, 15) is 14.7 Å². The quantitative estimate of drug-likeness (QED) is 0.660. The number of benzene rings is 2. The fraction of sp³-hybridized carbons (Fsp3) is 0.200. The number of carbonyl (C=O) groups is 2. The Morgan fingerprint density at radius 1 is 1.04 bits per heavy atom. The molecular formula is C20H17O8-. The summed E-state index contributed by atoms with van der Waals surface area (Å²) in [4.78, 5) is 23.1. The van der Waals surface area contributed by atoms with E-state index >= 15 is 0 Å². The van der Waals surface area contributed by atoms with Crippen LogP contribution in [0, 0.1) is 0 Å². The Morgan fingerprint density at radius 3 is 2.36 bits per heavy atom. The Hall–Kier alpha value is -3.68. The molecule has 0 aliphatic carbocycles. The van der Waals surface area contributed by atoms with E-state index in [4.69, 9.17) is 23.7 Å². The molecule has 0 saturated heterocycles. The number of hydrogen-bond acceptors (Lipinski definition) is 8. The second kappa shape index (κ2) is 7.91. The molecule has 0 amide bonds. The van der Waals surface area contributed by atoms with Gasteiger partial charge in [-0.05, 0) is 24.3 Å². The number of carbonyl (C=O) groups excluding carboxylic acids is 2. The summed E-state index contributed by atoms with van der Waals surface area (Å²) < 4.78 is 26.6. The van der Waals surface area contributed by atoms with E-state index < -0.39 is 12.6 Å². The first-order valence-electron chi connectivity index (χ1n) is 8.17. The van der Waals surface area contributed by atoms with Gasteiger partial charge in [0.2, 0.25) is 5.78 Å². The van der Waals surface area contributed by atoms with E-state index in [0.717, 1.165) is 0 Å². The van der Waals surface area contributed by atoms with Gasteiger partial charge in [-0.1, -0.05) is 0 Å². The molecule has 1 aliphatic heterocycles. The Balaban J connectivity index is 1.93. The molecule has 28 heavy (non-hydrogen) atoms. The number of aliphatic carboxylic acids is 1. The maximum Gasteiger partial charge on any atom is 0.231 e. The predicted octanol–water partition coefficient (Wildman–Crippen LogP) is 1.46. The van der Waals surface area contributed by atoms with Gasteiger partial charge in [0.1, 0.15) is 23.9 Å². The standard InChI is InChI=1S/C20H18O8/c1-24-14-9-17(26-3)16(25-2)6-11(14)7-18-20(23)13-5-4-12(8-15(13)28-18)27-10-19(21)22/h4-9H,10H2,1-3H3,(H,21,22)/p-1/b18-7+. The third-order valence-corrected chi connectivity index (χ3v) is 4.02. The van der Waals surface area contributed by atoms with Crippen LogP contribution in [0.15, 0.2) is 36.1 Å². The third kappa shape index (κ3) is 3.71. The maximum atomic E-state index is 12.6. The first-order chi connectivity index (χ1) is 13.5. The van der Waals surface area contributed by atoms with Gasteiger partial charge < -0.3 is 33.6 Å². The van der Waals surface area contributed by atoms with Crippen LogP contribution >= 0.6 is 0 Å². The predicted molar refractivity (Wildman–Crippen MR) is 96.0 cm³/mol. The van der Waals surface area contributed by atoms with Gasteiger partial charge in [-0.2, -0.15) is 0 Å². The third-order valence-electron chi connectivity index (χ3n) is 4.02. The van der Waals surface area contributed by atoms with Crippen molar-refractivity contribution in [1.29, 1.82) is 0 Å². The Bertz CT molecular complexity index is 961. The highest BCUT2D eigenvalue weighted by Crippen LogP contribution is 2.38. The Kier molecular flexibility index (Phi) is 5.39. The number of carboxylic acid groups (broad SMARTS) is 1. The molecule has 0 atom stereocenters. The lowest BCUT2D eigenvalue weighted by atomic mass is 10.1. The molecule has 3 rings (SSSR count). The van der Waals surface area contributed by atoms with Crippen molar-refractivity contribution in [2.75, 3.05) is 27.9 Å². The van der Waals surface area contributed by atoms with E-state index in [-0.39, 0.29) is 23.0 Å². The van der Waals surface area contributed by atoms with Crippen LogP contribution in [0.2, 0.25) is 0 Å². The molecule has 0 unspecified atom stereocenters. The normalized spacial score (nSPS) is 13.7. The van der Waals surface area contributed by atoms with Crippen LogP contribution in [0.1, 0.15) is 15.9 Å². The van der Waals surface area contributed by atoms with Crippen LogP contribution in [0.5, 0.6) is 28.7 Å². The number of fused-ring (bicyclic) bond motifs is 1. The summed E-state index contributed by atoms with van der Waals surface area (Å²) in [6.07, 6.45) is 1.53. The molecule has 1 aliphatic rings. The smallest absolute Gasteiger partial charge is 0.231 e. The number of rotatable bonds is 7. The lowest BCUT2D eigenvalue weighted by Gasteiger charge is -2.12. The molecule has 2 aromatic rings. The van der Waals surface area contributed by atoms with Gasteiger partial charge in [0, 0.05) is 17.7 Å². The van der Waals surface area contributed by atoms with E-state index in [1.165, 1.54) is 45.6 Å². The first kappa shape index (κ1) is 19.1. The van der Waals surface area contributed by atoms with E-state index in [0.29, 0.717) is 28.4 Å². The number of carboxylic acids is 1. The summed E-state index contributed by atoms with van der Waals surface area (Å²) in [7, 11) is 4.51. The zero-order valence-electron chi connectivity index (χ0n) is 15.4. The van der Waals surface area contributed by atoms with Crippen molar-refractivity contribution in [1.82, 2.24) is 0 Å². The number of hydrogen-bond donors (Lipinski definition) is 0. The average Bonchev–Trinajstić information content (AvgIpc) is 3.00. The molecule has 2 aromatic carbocycles. The highest BCUT2D eigenvalue weighted by atomic mass is 16.5. The minimum Gasteiger partial charge on any atom is -0.546 e. The van der Waals surface area contributed by atoms with Gasteiger partial charge in [0.25, 0.3) is 0 Å². The van der Waals surface area contributed by atoms with Gasteiger partial charge in [0.15, 0.2) is 17.3 Å². The van der Waals surface area contributed by atoms with Crippen LogP contribution in [0.3, 0.4) is 0 Å². The highest BCUT2D eigenvalue weighted by molar-refractivity contribution is 6.14. The molecule has 0 bridgehead atoms. The molecule has 146 valence electrons. The molecule has 0 N–H and O–H groups in total. The van der Waals surface area contributed by atoms with Gasteiger partial charge in [-0.15, -0.1) is 0 Å². The van der Waals surface area contributed by atoms with Crippen molar-refractivity contribution >= 4 is 17.8 Å². The van der Waals surface area contributed by atoms with Crippen molar-refractivity contribution < 1.29 is 38.4 Å². The second-order valence-electron chi connectivity index (χ2n) is 5.71. The average molecular weight is 385 g/mol. The van der Waals surface area contributed by atoms with Crippen molar-refractivity contribution in [3.63, 3.8) is 0 Å². The summed E-state index contributed by atoms with van der Waals surface area (Å²) >= 11 is 0. The number of ether oxygens (including phenoxy) is 5. The van der Waals surface area contributed by atoms with Gasteiger partial charge in [-0.3, -0.25) is 4.79 Å². The summed E-state index contributed by atoms with van der Waals surface area (Å²) in [5.41, 5.74) is 0.899. The molecule has 1 heterocycles. The monoisotopic (exact) mass is 385 g/mol. The van der Waals surface area contributed by atoms with Gasteiger partial charge in [-0.25, -0.2) is 0 Å². The lowest BCUT2D eigenvalue weighted by Crippen LogP contribution is -2.28. The lowest BCUT2D eigenvalue weighted by molar-refractivity contribution is -0.307. The fourth-order valence-corrected chi connectivity index (χ4v) is 2.71. The van der Waals surface area contributed by atoms with Crippen molar-refractivity contribution in [3.05, 3.63) is 47.2 Å². The summed E-state index contributed by atoms with van der Waals surface area (Å²) in [6, 6.07) is 7.75. The SMILES string of the molecule is COc1cc(OC)c(OC)cc1/C=C1/Oc2cc(OCC(=O)[O-])ccc2C1=O. The first-order valence-corrected chi connectivity index (χ1v) is 8.17. The largest absolute Gasteiger partial charge is 0.546 e. The summed E-state index contributed by atoms with van der Waals surface area (Å²) in [5.74, 6) is 0.353. The van der Waals surface area contributed by atoms with Gasteiger partial charge >= 0.3 is 0 Å². The Labute approximate surface area is 160 Å². The number of methoxy groups -OCH3 is 3. The van der Waals surface area contributed by atoms with Crippen LogP contribution in [-0.2, 0) is 4.79 Å². The van der Waals surface area contributed by atoms with Crippen molar-refractivity contribution in [2.45, 2.75) is 0 Å². The summed E-state index contributed by atoms with van der Waals surface area (Å²) in [6.45, 7) is -0.599. The molecule has 0 fully saturated rings. The maximum absolute atomic E-state index is 12.6. The van der Waals surface area contributed by atoms with Crippen molar-refractivity contribution in [2.24, 2.45) is 0 Å². The minimum atomic E-state index is -1.35. The molecule has 8 heteroatoms. The molecule has 0 spiro atoms. The van der Waals surface area contributed by atoms with Crippen molar-refractivity contribution in [3.8, 4) is 28.7 Å². The molecule has 0 saturated carbocycles.